The molecule has 0 spiro atoms. The maximum Gasteiger partial charge on any atom is 0.0866 e. The lowest BCUT2D eigenvalue weighted by molar-refractivity contribution is 0.0858. The zero-order valence-corrected chi connectivity index (χ0v) is 33.9. The second-order valence-electron chi connectivity index (χ2n) is 18.2. The van der Waals surface area contributed by atoms with Crippen LogP contribution in [0.25, 0.3) is 0 Å². The van der Waals surface area contributed by atoms with Crippen molar-refractivity contribution in [3.05, 3.63) is 34.3 Å². The molecule has 268 valence electrons. The largest absolute Gasteiger partial charge is 0.361 e. The first-order valence-electron chi connectivity index (χ1n) is 20.2. The van der Waals surface area contributed by atoms with E-state index in [2.05, 4.69) is 115 Å². The Balaban J connectivity index is 1.94. The van der Waals surface area contributed by atoms with Crippen LogP contribution in [0.2, 0.25) is 0 Å². The van der Waals surface area contributed by atoms with Gasteiger partial charge in [-0.05, 0) is 76.0 Å². The second kappa shape index (κ2) is 13.0. The summed E-state index contributed by atoms with van der Waals surface area (Å²) in [6.45, 7) is 36.6. The van der Waals surface area contributed by atoms with Gasteiger partial charge in [-0.15, -0.1) is 0 Å². The Morgan fingerprint density at radius 3 is 1.90 bits per heavy atom. The summed E-state index contributed by atoms with van der Waals surface area (Å²) in [5.74, 6) is 1.65. The first-order valence-corrected chi connectivity index (χ1v) is 20.2. The summed E-state index contributed by atoms with van der Waals surface area (Å²) in [4.78, 5) is 17.8. The van der Waals surface area contributed by atoms with Crippen molar-refractivity contribution in [3.8, 4) is 0 Å². The van der Waals surface area contributed by atoms with Gasteiger partial charge in [-0.25, -0.2) is 0 Å². The van der Waals surface area contributed by atoms with Gasteiger partial charge in [0, 0.05) is 73.6 Å². The van der Waals surface area contributed by atoms with Gasteiger partial charge in [-0.2, -0.15) is 0 Å². The molecular formula is C44H72N4. The molecule has 5 aliphatic heterocycles. The smallest absolute Gasteiger partial charge is 0.0866 e. The van der Waals surface area contributed by atoms with Crippen molar-refractivity contribution in [1.82, 2.24) is 5.32 Å². The van der Waals surface area contributed by atoms with Crippen molar-refractivity contribution in [1.29, 1.82) is 0 Å². The van der Waals surface area contributed by atoms with E-state index >= 15 is 0 Å². The minimum Gasteiger partial charge on any atom is -0.361 e. The monoisotopic (exact) mass is 657 g/mol. The van der Waals surface area contributed by atoms with Gasteiger partial charge in [0.25, 0.3) is 0 Å². The third-order valence-corrected chi connectivity index (χ3v) is 15.0. The Bertz CT molecular complexity index is 1460. The Kier molecular flexibility index (Phi) is 10.1. The Morgan fingerprint density at radius 1 is 0.729 bits per heavy atom. The maximum atomic E-state index is 6.04. The van der Waals surface area contributed by atoms with Gasteiger partial charge < -0.3 is 5.32 Å². The van der Waals surface area contributed by atoms with E-state index < -0.39 is 0 Å². The van der Waals surface area contributed by atoms with Gasteiger partial charge in [0.2, 0.25) is 0 Å². The van der Waals surface area contributed by atoms with E-state index in [1.165, 1.54) is 58.2 Å². The molecule has 0 saturated carbocycles. The van der Waals surface area contributed by atoms with Crippen LogP contribution in [0.3, 0.4) is 0 Å². The Labute approximate surface area is 296 Å². The molecular weight excluding hydrogens is 585 g/mol. The van der Waals surface area contributed by atoms with Crippen LogP contribution in [0.5, 0.6) is 0 Å². The molecule has 5 rings (SSSR count). The standard InChI is InChI=1S/C44H72N4/c1-16-22-30-33-26-34-40(9,10)31(23-17-2)35(46-34)27(7)38-43(14,25-19-4)29(20-5)39(47-38)44(15)41(11,12)32(24-18-3)36(48-44)28(8)37(45-33)42(30,13)21-6/h26,29-32,39,45H,16-25H2,1-15H3/b33-26-,35-27-,37-28?/t29-,30+,31+,32+,39?,42-,43+,44-/m0/s1. The summed E-state index contributed by atoms with van der Waals surface area (Å²) < 4.78 is 0. The molecule has 1 saturated heterocycles. The first kappa shape index (κ1) is 37.3. The second-order valence-corrected chi connectivity index (χ2v) is 18.2. The molecule has 8 bridgehead atoms. The number of fused-ring (bicyclic) bond motifs is 6. The van der Waals surface area contributed by atoms with E-state index in [0.29, 0.717) is 23.7 Å². The van der Waals surface area contributed by atoms with Crippen LogP contribution in [0, 0.1) is 45.3 Å². The topological polar surface area (TPSA) is 49.1 Å². The van der Waals surface area contributed by atoms with Gasteiger partial charge in [0.05, 0.1) is 11.6 Å². The van der Waals surface area contributed by atoms with Crippen LogP contribution in [-0.2, 0) is 0 Å². The van der Waals surface area contributed by atoms with Crippen molar-refractivity contribution < 1.29 is 0 Å². The fourth-order valence-electron chi connectivity index (χ4n) is 11.5. The van der Waals surface area contributed by atoms with E-state index in [-0.39, 0.29) is 33.2 Å². The molecule has 5 aliphatic rings. The van der Waals surface area contributed by atoms with Gasteiger partial charge in [0.15, 0.2) is 0 Å². The van der Waals surface area contributed by atoms with Crippen molar-refractivity contribution in [2.75, 3.05) is 0 Å². The average Bonchev–Trinajstić information content (AvgIpc) is 3.64. The maximum absolute atomic E-state index is 6.04. The molecule has 0 aromatic carbocycles. The van der Waals surface area contributed by atoms with E-state index in [4.69, 9.17) is 15.0 Å². The predicted octanol–water partition coefficient (Wildman–Crippen LogP) is 12.1. The number of aliphatic imine (C=N–C) groups is 3. The molecule has 8 atom stereocenters. The molecule has 0 amide bonds. The number of hydrogen-bond donors (Lipinski definition) is 1. The number of nitrogens with zero attached hydrogens (tertiary/aromatic N) is 3. The zero-order valence-electron chi connectivity index (χ0n) is 33.9. The molecule has 0 radical (unpaired) electrons. The van der Waals surface area contributed by atoms with Gasteiger partial charge in [0.1, 0.15) is 0 Å². The van der Waals surface area contributed by atoms with Crippen LogP contribution < -0.4 is 5.32 Å². The number of hydrogen-bond acceptors (Lipinski definition) is 4. The summed E-state index contributed by atoms with van der Waals surface area (Å²) in [5.41, 5.74) is 10.4. The summed E-state index contributed by atoms with van der Waals surface area (Å²) in [5, 5.41) is 4.17. The normalized spacial score (nSPS) is 40.9. The number of nitrogens with one attached hydrogen (secondary N) is 1. The van der Waals surface area contributed by atoms with E-state index in [9.17, 15) is 0 Å². The number of allylic oxidation sites excluding steroid dienone is 6. The summed E-state index contributed by atoms with van der Waals surface area (Å²) in [6.07, 6.45) is 14.0. The molecule has 1 N–H and O–H groups in total. The molecule has 0 aromatic heterocycles. The molecule has 1 unspecified atom stereocenters. The summed E-state index contributed by atoms with van der Waals surface area (Å²) >= 11 is 0. The van der Waals surface area contributed by atoms with Gasteiger partial charge >= 0.3 is 0 Å². The molecule has 48 heavy (non-hydrogen) atoms. The van der Waals surface area contributed by atoms with Gasteiger partial charge in [-0.3, -0.25) is 15.0 Å². The van der Waals surface area contributed by atoms with Crippen molar-refractivity contribution >= 4 is 17.1 Å². The Morgan fingerprint density at radius 2 is 1.33 bits per heavy atom. The number of rotatable bonds is 10. The first-order chi connectivity index (χ1) is 22.5. The van der Waals surface area contributed by atoms with Crippen molar-refractivity contribution in [2.45, 2.75) is 180 Å². The molecule has 1 fully saturated rings. The van der Waals surface area contributed by atoms with E-state index in [1.54, 1.807) is 0 Å². The fraction of sp³-hybridized carbons (Fsp3) is 0.795. The van der Waals surface area contributed by atoms with Crippen LogP contribution in [0.4, 0.5) is 0 Å². The molecule has 0 aliphatic carbocycles. The fourth-order valence-corrected chi connectivity index (χ4v) is 11.5. The highest BCUT2D eigenvalue weighted by atomic mass is 15.1. The van der Waals surface area contributed by atoms with Crippen LogP contribution in [0.15, 0.2) is 49.3 Å². The minimum atomic E-state index is -0.304. The Hall–Kier alpha value is -1.97. The average molecular weight is 657 g/mol. The quantitative estimate of drug-likeness (QED) is 0.250. The minimum absolute atomic E-state index is 0.00131. The molecule has 4 nitrogen and oxygen atoms in total. The van der Waals surface area contributed by atoms with Crippen molar-refractivity contribution in [3.63, 3.8) is 0 Å². The summed E-state index contributed by atoms with van der Waals surface area (Å²) in [7, 11) is 0. The SMILES string of the molecule is CCC[C@@H]1/C2=C(\C)C3=NC([C@H](CC)[C@@]3(C)CCC)[C@]3(C)N=C(C(C)=C4N/C(=C\C(=N2)C1(C)C)[C@@H](CCC)[C@]4(C)CC)[C@@H](CCC)C3(C)C. The van der Waals surface area contributed by atoms with Crippen molar-refractivity contribution in [2.24, 2.45) is 60.3 Å². The predicted molar refractivity (Wildman–Crippen MR) is 209 cm³/mol. The molecule has 5 heterocycles. The van der Waals surface area contributed by atoms with Crippen LogP contribution >= 0.6 is 0 Å². The molecule has 0 aromatic rings. The lowest BCUT2D eigenvalue weighted by atomic mass is 9.57. The lowest BCUT2D eigenvalue weighted by Crippen LogP contribution is -2.52. The lowest BCUT2D eigenvalue weighted by Gasteiger charge is -2.47. The van der Waals surface area contributed by atoms with E-state index in [0.717, 1.165) is 51.4 Å². The third-order valence-electron chi connectivity index (χ3n) is 15.0. The van der Waals surface area contributed by atoms with Crippen LogP contribution in [0.1, 0.15) is 168 Å². The highest BCUT2D eigenvalue weighted by Crippen LogP contribution is 2.61. The third kappa shape index (κ3) is 5.13. The molecule has 4 heteroatoms. The van der Waals surface area contributed by atoms with Crippen LogP contribution in [-0.4, -0.2) is 28.7 Å². The highest BCUT2D eigenvalue weighted by molar-refractivity contribution is 6.09. The zero-order chi connectivity index (χ0) is 35.6. The summed E-state index contributed by atoms with van der Waals surface area (Å²) in [6, 6.07) is 0.137. The highest BCUT2D eigenvalue weighted by Gasteiger charge is 2.63. The van der Waals surface area contributed by atoms with E-state index in [1.807, 2.05) is 0 Å². The van der Waals surface area contributed by atoms with Gasteiger partial charge in [-0.1, -0.05) is 115 Å².